The highest BCUT2D eigenvalue weighted by Gasteiger charge is 2.40. The minimum absolute atomic E-state index is 0.140. The molecule has 0 N–H and O–H groups in total. The Balaban J connectivity index is 1.58. The van der Waals surface area contributed by atoms with E-state index in [4.69, 9.17) is 28.5 Å². The van der Waals surface area contributed by atoms with Crippen molar-refractivity contribution in [3.8, 4) is 11.9 Å². The van der Waals surface area contributed by atoms with Crippen LogP contribution in [-0.2, 0) is 0 Å². The lowest BCUT2D eigenvalue weighted by Crippen LogP contribution is -2.42. The molecule has 2 amide bonds. The van der Waals surface area contributed by atoms with Crippen LogP contribution in [-0.4, -0.2) is 65.6 Å². The molecule has 1 aliphatic heterocycles. The SMILES string of the molecule is CN(C(=O)c1ccc(OCC(F)(F)F)nc1)[C@@H]1CN(C(=O)c2ccc(C#N)cc2)CC1c1ccc(Cl)c(Cl)c1. The van der Waals surface area contributed by atoms with E-state index in [1.807, 2.05) is 6.07 Å². The van der Waals surface area contributed by atoms with E-state index in [-0.39, 0.29) is 36.4 Å². The number of nitrogens with zero attached hydrogens (tertiary/aromatic N) is 4. The summed E-state index contributed by atoms with van der Waals surface area (Å²) in [6.07, 6.45) is -3.37. The van der Waals surface area contributed by atoms with Gasteiger partial charge in [0.25, 0.3) is 11.8 Å². The predicted octanol–water partition coefficient (Wildman–Crippen LogP) is 5.58. The summed E-state index contributed by atoms with van der Waals surface area (Å²) in [5.41, 5.74) is 1.74. The van der Waals surface area contributed by atoms with Gasteiger partial charge in [-0.1, -0.05) is 29.3 Å². The Hall–Kier alpha value is -3.81. The fourth-order valence-electron chi connectivity index (χ4n) is 4.39. The van der Waals surface area contributed by atoms with Crippen LogP contribution in [0.3, 0.4) is 0 Å². The lowest BCUT2D eigenvalue weighted by molar-refractivity contribution is -0.154. The number of alkyl halides is 3. The Morgan fingerprint density at radius 1 is 1.08 bits per heavy atom. The molecule has 2 heterocycles. The molecule has 1 aliphatic rings. The normalized spacial score (nSPS) is 17.0. The van der Waals surface area contributed by atoms with Crippen LogP contribution < -0.4 is 4.74 Å². The van der Waals surface area contributed by atoms with Crippen molar-refractivity contribution in [2.24, 2.45) is 0 Å². The fourth-order valence-corrected chi connectivity index (χ4v) is 4.69. The number of nitriles is 1. The van der Waals surface area contributed by atoms with Gasteiger partial charge in [0.2, 0.25) is 5.88 Å². The zero-order valence-corrected chi connectivity index (χ0v) is 22.0. The summed E-state index contributed by atoms with van der Waals surface area (Å²) in [6.45, 7) is -1.02. The molecule has 0 saturated carbocycles. The minimum Gasteiger partial charge on any atom is -0.468 e. The Morgan fingerprint density at radius 3 is 2.36 bits per heavy atom. The summed E-state index contributed by atoms with van der Waals surface area (Å²) < 4.78 is 41.8. The second-order valence-corrected chi connectivity index (χ2v) is 9.77. The van der Waals surface area contributed by atoms with Gasteiger partial charge >= 0.3 is 6.18 Å². The number of halogens is 5. The summed E-state index contributed by atoms with van der Waals surface area (Å²) in [5.74, 6) is -1.29. The molecule has 39 heavy (non-hydrogen) atoms. The van der Waals surface area contributed by atoms with E-state index >= 15 is 0 Å². The van der Waals surface area contributed by atoms with Crippen molar-refractivity contribution < 1.29 is 27.5 Å². The summed E-state index contributed by atoms with van der Waals surface area (Å²) in [7, 11) is 1.58. The highest BCUT2D eigenvalue weighted by molar-refractivity contribution is 6.42. The van der Waals surface area contributed by atoms with E-state index in [1.54, 1.807) is 54.4 Å². The maximum absolute atomic E-state index is 13.4. The first kappa shape index (κ1) is 28.2. The van der Waals surface area contributed by atoms with E-state index < -0.39 is 24.7 Å². The Kier molecular flexibility index (Phi) is 8.33. The lowest BCUT2D eigenvalue weighted by atomic mass is 9.93. The molecule has 3 aromatic rings. The zero-order valence-electron chi connectivity index (χ0n) is 20.5. The highest BCUT2D eigenvalue weighted by atomic mass is 35.5. The van der Waals surface area contributed by atoms with Crippen LogP contribution in [0.1, 0.15) is 37.8 Å². The van der Waals surface area contributed by atoms with Crippen molar-refractivity contribution in [3.05, 3.63) is 93.1 Å². The van der Waals surface area contributed by atoms with E-state index in [0.29, 0.717) is 21.2 Å². The third-order valence-electron chi connectivity index (χ3n) is 6.39. The monoisotopic (exact) mass is 576 g/mol. The standard InChI is InChI=1S/C27H21Cl2F3N4O3/c1-35(25(37)19-7-9-24(34-12-19)39-15-27(30,31)32)23-14-36(26(38)17-4-2-16(11-33)3-5-17)13-20(23)18-6-8-21(28)22(29)10-18/h2-10,12,20,23H,13-15H2,1H3/t20?,23-/m1/s1. The summed E-state index contributed by atoms with van der Waals surface area (Å²) in [5, 5.41) is 9.73. The molecule has 0 spiro atoms. The van der Waals surface area contributed by atoms with Gasteiger partial charge in [0, 0.05) is 43.9 Å². The number of aromatic nitrogens is 1. The van der Waals surface area contributed by atoms with Crippen LogP contribution >= 0.6 is 23.2 Å². The molecule has 0 radical (unpaired) electrons. The van der Waals surface area contributed by atoms with Gasteiger partial charge in [-0.2, -0.15) is 18.4 Å². The lowest BCUT2D eigenvalue weighted by Gasteiger charge is -2.29. The van der Waals surface area contributed by atoms with E-state index in [9.17, 15) is 22.8 Å². The molecular weight excluding hydrogens is 556 g/mol. The highest BCUT2D eigenvalue weighted by Crippen LogP contribution is 2.35. The molecule has 7 nitrogen and oxygen atoms in total. The number of likely N-dealkylation sites (tertiary alicyclic amines) is 1. The Morgan fingerprint density at radius 2 is 1.77 bits per heavy atom. The van der Waals surface area contributed by atoms with Crippen molar-refractivity contribution in [1.82, 2.24) is 14.8 Å². The number of carbonyl (C=O) groups is 2. The zero-order chi connectivity index (χ0) is 28.3. The summed E-state index contributed by atoms with van der Waals surface area (Å²) in [4.78, 5) is 33.6. The van der Waals surface area contributed by atoms with Gasteiger partial charge in [0.15, 0.2) is 6.61 Å². The Labute approximate surface area is 232 Å². The third-order valence-corrected chi connectivity index (χ3v) is 7.13. The molecule has 2 aromatic carbocycles. The van der Waals surface area contributed by atoms with E-state index in [2.05, 4.69) is 9.72 Å². The molecule has 4 rings (SSSR count). The molecule has 1 fully saturated rings. The van der Waals surface area contributed by atoms with E-state index in [1.165, 1.54) is 17.0 Å². The number of pyridine rings is 1. The first-order valence-electron chi connectivity index (χ1n) is 11.6. The maximum atomic E-state index is 13.4. The molecule has 1 saturated heterocycles. The smallest absolute Gasteiger partial charge is 0.422 e. The molecule has 0 bridgehead atoms. The van der Waals surface area contributed by atoms with Gasteiger partial charge in [-0.05, 0) is 48.0 Å². The van der Waals surface area contributed by atoms with Crippen LogP contribution in [0.5, 0.6) is 5.88 Å². The number of hydrogen-bond acceptors (Lipinski definition) is 5. The summed E-state index contributed by atoms with van der Waals surface area (Å²) >= 11 is 12.4. The molecule has 0 aliphatic carbocycles. The topological polar surface area (TPSA) is 86.5 Å². The number of amides is 2. The van der Waals surface area contributed by atoms with Crippen LogP contribution in [0.4, 0.5) is 13.2 Å². The average molecular weight is 577 g/mol. The molecule has 1 unspecified atom stereocenters. The molecule has 2 atom stereocenters. The van der Waals surface area contributed by atoms with Crippen molar-refractivity contribution in [2.75, 3.05) is 26.7 Å². The van der Waals surface area contributed by atoms with Crippen LogP contribution in [0.2, 0.25) is 10.0 Å². The van der Waals surface area contributed by atoms with Gasteiger partial charge in [-0.25, -0.2) is 4.98 Å². The molecular formula is C27H21Cl2F3N4O3. The van der Waals surface area contributed by atoms with Gasteiger partial charge in [-0.3, -0.25) is 9.59 Å². The van der Waals surface area contributed by atoms with Crippen molar-refractivity contribution in [3.63, 3.8) is 0 Å². The predicted molar refractivity (Wildman–Crippen MR) is 138 cm³/mol. The number of likely N-dealkylation sites (N-methyl/N-ethyl adjacent to an activating group) is 1. The first-order valence-corrected chi connectivity index (χ1v) is 12.4. The van der Waals surface area contributed by atoms with Crippen molar-refractivity contribution in [1.29, 1.82) is 5.26 Å². The van der Waals surface area contributed by atoms with Crippen LogP contribution in [0, 0.1) is 11.3 Å². The van der Waals surface area contributed by atoms with Gasteiger partial charge in [0.1, 0.15) is 0 Å². The van der Waals surface area contributed by atoms with Gasteiger partial charge in [-0.15, -0.1) is 0 Å². The number of carbonyl (C=O) groups excluding carboxylic acids is 2. The largest absolute Gasteiger partial charge is 0.468 e. The average Bonchev–Trinajstić information content (AvgIpc) is 3.37. The van der Waals surface area contributed by atoms with Crippen molar-refractivity contribution in [2.45, 2.75) is 18.1 Å². The number of ether oxygens (including phenoxy) is 1. The molecule has 12 heteroatoms. The number of hydrogen-bond donors (Lipinski definition) is 0. The number of rotatable bonds is 6. The quantitative estimate of drug-likeness (QED) is 0.382. The molecule has 1 aromatic heterocycles. The second-order valence-electron chi connectivity index (χ2n) is 8.95. The van der Waals surface area contributed by atoms with Crippen LogP contribution in [0.15, 0.2) is 60.8 Å². The fraction of sp³-hybridized carbons (Fsp3) is 0.259. The van der Waals surface area contributed by atoms with Crippen LogP contribution in [0.25, 0.3) is 0 Å². The van der Waals surface area contributed by atoms with E-state index in [0.717, 1.165) is 11.8 Å². The third kappa shape index (κ3) is 6.61. The Bertz CT molecular complexity index is 1410. The number of benzene rings is 2. The van der Waals surface area contributed by atoms with Gasteiger partial charge < -0.3 is 14.5 Å². The van der Waals surface area contributed by atoms with Crippen molar-refractivity contribution >= 4 is 35.0 Å². The second kappa shape index (κ2) is 11.5. The molecule has 202 valence electrons. The first-order chi connectivity index (χ1) is 18.5. The summed E-state index contributed by atoms with van der Waals surface area (Å²) in [6, 6.07) is 15.5. The van der Waals surface area contributed by atoms with Gasteiger partial charge in [0.05, 0.1) is 33.3 Å². The minimum atomic E-state index is -4.51. The maximum Gasteiger partial charge on any atom is 0.422 e.